The molecule has 5 heteroatoms. The number of nitrogens with zero attached hydrogens (tertiary/aromatic N) is 2. The molecule has 1 aromatic heterocycles. The highest BCUT2D eigenvalue weighted by Crippen LogP contribution is 2.23. The number of benzene rings is 1. The topological polar surface area (TPSA) is 58.4 Å². The highest BCUT2D eigenvalue weighted by molar-refractivity contribution is 5.92. The van der Waals surface area contributed by atoms with Crippen molar-refractivity contribution in [3.05, 3.63) is 53.2 Å². The first-order valence-electron chi connectivity index (χ1n) is 10.7. The van der Waals surface area contributed by atoms with Crippen molar-refractivity contribution >= 4 is 5.91 Å². The Labute approximate surface area is 175 Å². The summed E-state index contributed by atoms with van der Waals surface area (Å²) in [7, 11) is 0. The minimum atomic E-state index is -0.179. The predicted octanol–water partition coefficient (Wildman–Crippen LogP) is 5.30. The molecule has 1 heterocycles. The van der Waals surface area contributed by atoms with Crippen molar-refractivity contribution in [1.29, 1.82) is 0 Å². The van der Waals surface area contributed by atoms with Gasteiger partial charge in [0.05, 0.1) is 6.54 Å². The molecule has 29 heavy (non-hydrogen) atoms. The molecule has 0 bridgehead atoms. The van der Waals surface area contributed by atoms with Crippen LogP contribution in [0, 0.1) is 0 Å². The van der Waals surface area contributed by atoms with Crippen LogP contribution in [0.1, 0.15) is 88.8 Å². The number of amides is 1. The Hall–Kier alpha value is -2.14. The van der Waals surface area contributed by atoms with E-state index in [1.165, 1.54) is 17.4 Å². The molecule has 2 atom stereocenters. The minimum absolute atomic E-state index is 0.121. The van der Waals surface area contributed by atoms with Crippen molar-refractivity contribution in [2.45, 2.75) is 91.9 Å². The zero-order valence-corrected chi connectivity index (χ0v) is 19.1. The number of aromatic nitrogens is 1. The Morgan fingerprint density at radius 1 is 1.10 bits per heavy atom. The van der Waals surface area contributed by atoms with E-state index in [0.717, 1.165) is 19.4 Å². The standard InChI is InChI=1S/C24H37N3O2/c1-8-17(3)25-23(28)21-16-29-22(26-21)15-27(18(4)9-2)14-19-10-12-20(13-11-19)24(5,6)7/h10-13,16-18H,8-9,14-15H2,1-7H3,(H,25,28). The van der Waals surface area contributed by atoms with Gasteiger partial charge in [-0.15, -0.1) is 0 Å². The number of carbonyl (C=O) groups excluding carboxylic acids is 1. The molecular formula is C24H37N3O2. The van der Waals surface area contributed by atoms with Crippen molar-refractivity contribution < 1.29 is 9.21 Å². The number of hydrogen-bond acceptors (Lipinski definition) is 4. The Bertz CT molecular complexity index is 774. The van der Waals surface area contributed by atoms with E-state index in [1.54, 1.807) is 0 Å². The van der Waals surface area contributed by atoms with Crippen LogP contribution in [0.2, 0.25) is 0 Å². The van der Waals surface area contributed by atoms with E-state index in [4.69, 9.17) is 4.42 Å². The molecular weight excluding hydrogens is 362 g/mol. The fourth-order valence-corrected chi connectivity index (χ4v) is 3.03. The van der Waals surface area contributed by atoms with Gasteiger partial charge in [-0.3, -0.25) is 9.69 Å². The number of hydrogen-bond donors (Lipinski definition) is 1. The van der Waals surface area contributed by atoms with Gasteiger partial charge in [0, 0.05) is 18.6 Å². The number of oxazole rings is 1. The van der Waals surface area contributed by atoms with E-state index < -0.39 is 0 Å². The van der Waals surface area contributed by atoms with Gasteiger partial charge >= 0.3 is 0 Å². The number of carbonyl (C=O) groups is 1. The Morgan fingerprint density at radius 2 is 1.76 bits per heavy atom. The molecule has 1 aromatic carbocycles. The van der Waals surface area contributed by atoms with Crippen molar-refractivity contribution in [2.24, 2.45) is 0 Å². The fourth-order valence-electron chi connectivity index (χ4n) is 3.03. The summed E-state index contributed by atoms with van der Waals surface area (Å²) in [6.07, 6.45) is 3.37. The lowest BCUT2D eigenvalue weighted by atomic mass is 9.87. The molecule has 2 aromatic rings. The maximum Gasteiger partial charge on any atom is 0.273 e. The molecule has 0 saturated carbocycles. The van der Waals surface area contributed by atoms with E-state index in [-0.39, 0.29) is 17.4 Å². The van der Waals surface area contributed by atoms with E-state index in [1.807, 2.05) is 13.8 Å². The van der Waals surface area contributed by atoms with E-state index >= 15 is 0 Å². The van der Waals surface area contributed by atoms with Crippen molar-refractivity contribution in [3.8, 4) is 0 Å². The summed E-state index contributed by atoms with van der Waals surface area (Å²) in [4.78, 5) is 19.0. The lowest BCUT2D eigenvalue weighted by Gasteiger charge is -2.27. The molecule has 5 nitrogen and oxygen atoms in total. The van der Waals surface area contributed by atoms with Crippen LogP contribution >= 0.6 is 0 Å². The van der Waals surface area contributed by atoms with Gasteiger partial charge in [0.2, 0.25) is 5.89 Å². The fraction of sp³-hybridized carbons (Fsp3) is 0.583. The van der Waals surface area contributed by atoms with Crippen LogP contribution in [-0.2, 0) is 18.5 Å². The third-order valence-electron chi connectivity index (χ3n) is 5.53. The molecule has 0 radical (unpaired) electrons. The van der Waals surface area contributed by atoms with Gasteiger partial charge in [0.1, 0.15) is 6.26 Å². The summed E-state index contributed by atoms with van der Waals surface area (Å²) < 4.78 is 5.61. The highest BCUT2D eigenvalue weighted by atomic mass is 16.3. The predicted molar refractivity (Wildman–Crippen MR) is 118 cm³/mol. The maximum absolute atomic E-state index is 12.3. The molecule has 160 valence electrons. The molecule has 0 fully saturated rings. The van der Waals surface area contributed by atoms with Crippen LogP contribution in [0.5, 0.6) is 0 Å². The molecule has 0 aliphatic rings. The monoisotopic (exact) mass is 399 g/mol. The molecule has 0 spiro atoms. The molecule has 2 rings (SSSR count). The van der Waals surface area contributed by atoms with Crippen LogP contribution in [-0.4, -0.2) is 27.9 Å². The smallest absolute Gasteiger partial charge is 0.273 e. The third kappa shape index (κ3) is 6.70. The van der Waals surface area contributed by atoms with Crippen LogP contribution in [0.15, 0.2) is 34.9 Å². The van der Waals surface area contributed by atoms with Gasteiger partial charge in [0.25, 0.3) is 5.91 Å². The summed E-state index contributed by atoms with van der Waals surface area (Å²) in [5, 5.41) is 2.93. The number of nitrogens with one attached hydrogen (secondary N) is 1. The summed E-state index contributed by atoms with van der Waals surface area (Å²) in [6, 6.07) is 9.34. The zero-order chi connectivity index (χ0) is 21.6. The molecule has 1 amide bonds. The molecule has 0 aliphatic heterocycles. The molecule has 1 N–H and O–H groups in total. The van der Waals surface area contributed by atoms with E-state index in [2.05, 4.69) is 74.1 Å². The molecule has 0 aliphatic carbocycles. The Kier molecular flexibility index (Phi) is 8.03. The second kappa shape index (κ2) is 10.1. The average Bonchev–Trinajstić information content (AvgIpc) is 3.15. The van der Waals surface area contributed by atoms with Gasteiger partial charge in [-0.1, -0.05) is 58.9 Å². The Morgan fingerprint density at radius 3 is 2.31 bits per heavy atom. The second-order valence-corrected chi connectivity index (χ2v) is 9.02. The SMILES string of the molecule is CCC(C)NC(=O)c1coc(CN(Cc2ccc(C(C)(C)C)cc2)C(C)CC)n1. The summed E-state index contributed by atoms with van der Waals surface area (Å²) in [5.74, 6) is 0.396. The quantitative estimate of drug-likeness (QED) is 0.621. The second-order valence-electron chi connectivity index (χ2n) is 9.02. The third-order valence-corrected chi connectivity index (χ3v) is 5.53. The molecule has 2 unspecified atom stereocenters. The van der Waals surface area contributed by atoms with Crippen molar-refractivity contribution in [3.63, 3.8) is 0 Å². The first-order valence-corrected chi connectivity index (χ1v) is 10.7. The van der Waals surface area contributed by atoms with Gasteiger partial charge in [-0.05, 0) is 43.2 Å². The van der Waals surface area contributed by atoms with Gasteiger partial charge in [-0.2, -0.15) is 0 Å². The zero-order valence-electron chi connectivity index (χ0n) is 19.1. The highest BCUT2D eigenvalue weighted by Gasteiger charge is 2.19. The van der Waals surface area contributed by atoms with Crippen LogP contribution in [0.4, 0.5) is 0 Å². The van der Waals surface area contributed by atoms with Gasteiger partial charge < -0.3 is 9.73 Å². The average molecular weight is 400 g/mol. The maximum atomic E-state index is 12.3. The van der Waals surface area contributed by atoms with Crippen LogP contribution in [0.3, 0.4) is 0 Å². The lowest BCUT2D eigenvalue weighted by Crippen LogP contribution is -2.33. The minimum Gasteiger partial charge on any atom is -0.447 e. The first-order chi connectivity index (χ1) is 13.6. The van der Waals surface area contributed by atoms with Crippen molar-refractivity contribution in [2.75, 3.05) is 0 Å². The Balaban J connectivity index is 2.09. The van der Waals surface area contributed by atoms with Gasteiger partial charge in [0.15, 0.2) is 5.69 Å². The summed E-state index contributed by atoms with van der Waals surface area (Å²) in [6.45, 7) is 16.5. The van der Waals surface area contributed by atoms with E-state index in [9.17, 15) is 4.79 Å². The van der Waals surface area contributed by atoms with Crippen molar-refractivity contribution in [1.82, 2.24) is 15.2 Å². The normalized spacial score (nSPS) is 14.1. The van der Waals surface area contributed by atoms with Crippen LogP contribution in [0.25, 0.3) is 0 Å². The van der Waals surface area contributed by atoms with E-state index in [0.29, 0.717) is 24.2 Å². The number of rotatable bonds is 9. The summed E-state index contributed by atoms with van der Waals surface area (Å²) >= 11 is 0. The largest absolute Gasteiger partial charge is 0.447 e. The molecule has 0 saturated heterocycles. The van der Waals surface area contributed by atoms with Gasteiger partial charge in [-0.25, -0.2) is 4.98 Å². The van der Waals surface area contributed by atoms with Crippen LogP contribution < -0.4 is 5.32 Å². The summed E-state index contributed by atoms with van der Waals surface area (Å²) in [5.41, 5.74) is 3.10. The lowest BCUT2D eigenvalue weighted by molar-refractivity contribution is 0.0934. The first kappa shape index (κ1) is 23.1.